The summed E-state index contributed by atoms with van der Waals surface area (Å²) in [4.78, 5) is 12.1. The van der Waals surface area contributed by atoms with E-state index in [1.807, 2.05) is 66.9 Å². The number of H-pyrrole nitrogens is 1. The van der Waals surface area contributed by atoms with Gasteiger partial charge in [-0.25, -0.2) is 9.67 Å². The van der Waals surface area contributed by atoms with Gasteiger partial charge in [0.15, 0.2) is 0 Å². The summed E-state index contributed by atoms with van der Waals surface area (Å²) in [6.45, 7) is 0. The second kappa shape index (κ2) is 7.43. The lowest BCUT2D eigenvalue weighted by Crippen LogP contribution is -2.02. The maximum Gasteiger partial charge on any atom is 0.252 e. The molecule has 0 amide bonds. The number of aromatic amines is 1. The van der Waals surface area contributed by atoms with Gasteiger partial charge in [-0.05, 0) is 40.8 Å². The van der Waals surface area contributed by atoms with Gasteiger partial charge in [0, 0.05) is 11.8 Å². The van der Waals surface area contributed by atoms with Crippen LogP contribution in [0.2, 0.25) is 0 Å². The van der Waals surface area contributed by atoms with E-state index in [0.29, 0.717) is 5.95 Å². The number of aromatic nitrogens is 9. The van der Waals surface area contributed by atoms with Crippen molar-refractivity contribution in [1.29, 1.82) is 0 Å². The maximum absolute atomic E-state index is 4.65. The van der Waals surface area contributed by atoms with Gasteiger partial charge in [0.1, 0.15) is 5.82 Å². The van der Waals surface area contributed by atoms with Gasteiger partial charge in [-0.3, -0.25) is 4.98 Å². The minimum Gasteiger partial charge on any atom is -0.337 e. The van der Waals surface area contributed by atoms with Crippen LogP contribution in [0.5, 0.6) is 0 Å². The van der Waals surface area contributed by atoms with Crippen molar-refractivity contribution in [3.63, 3.8) is 0 Å². The average Bonchev–Trinajstić information content (AvgIpc) is 3.60. The zero-order chi connectivity index (χ0) is 21.3. The Morgan fingerprint density at radius 1 is 0.906 bits per heavy atom. The minimum absolute atomic E-state index is 0.500. The highest BCUT2D eigenvalue weighted by molar-refractivity contribution is 5.78. The summed E-state index contributed by atoms with van der Waals surface area (Å²) >= 11 is 0. The predicted octanol–water partition coefficient (Wildman–Crippen LogP) is 3.53. The molecular weight excluding hydrogens is 404 g/mol. The second-order valence-corrected chi connectivity index (χ2v) is 7.08. The second-order valence-electron chi connectivity index (χ2n) is 7.08. The highest BCUT2D eigenvalue weighted by Gasteiger charge is 2.11. The summed E-state index contributed by atoms with van der Waals surface area (Å²) in [5.74, 6) is 1.28. The van der Waals surface area contributed by atoms with Crippen molar-refractivity contribution in [2.75, 3.05) is 5.32 Å². The smallest absolute Gasteiger partial charge is 0.252 e. The first-order valence-corrected chi connectivity index (χ1v) is 9.89. The van der Waals surface area contributed by atoms with Crippen molar-refractivity contribution >= 4 is 22.7 Å². The standard InChI is InChI=1S/C22H16N10/c1-2-6-17(7-3-1)32-22(28-29-30-32)25-16-12-24-31(14-16)18-8-4-5-15(11-18)21-26-19-9-10-23-13-20(19)27-21/h1-14H,(H,26,27)(H,25,28,30). The summed E-state index contributed by atoms with van der Waals surface area (Å²) in [5, 5.41) is 19.6. The molecule has 0 atom stereocenters. The van der Waals surface area contributed by atoms with Gasteiger partial charge in [-0.1, -0.05) is 35.4 Å². The number of anilines is 2. The molecule has 6 rings (SSSR count). The zero-order valence-corrected chi connectivity index (χ0v) is 16.7. The van der Waals surface area contributed by atoms with Gasteiger partial charge in [-0.2, -0.15) is 9.78 Å². The molecule has 4 heterocycles. The number of fused-ring (bicyclic) bond motifs is 1. The van der Waals surface area contributed by atoms with Gasteiger partial charge >= 0.3 is 0 Å². The molecule has 0 saturated heterocycles. The highest BCUT2D eigenvalue weighted by Crippen LogP contribution is 2.23. The van der Waals surface area contributed by atoms with Gasteiger partial charge in [0.05, 0.1) is 46.7 Å². The van der Waals surface area contributed by atoms with E-state index in [0.717, 1.165) is 39.5 Å². The van der Waals surface area contributed by atoms with Crippen LogP contribution < -0.4 is 5.32 Å². The summed E-state index contributed by atoms with van der Waals surface area (Å²) < 4.78 is 3.42. The Balaban J connectivity index is 1.28. The monoisotopic (exact) mass is 420 g/mol. The van der Waals surface area contributed by atoms with E-state index < -0.39 is 0 Å². The Labute approximate surface area is 181 Å². The number of benzene rings is 2. The van der Waals surface area contributed by atoms with E-state index >= 15 is 0 Å². The number of rotatable bonds is 5. The van der Waals surface area contributed by atoms with Crippen LogP contribution in [0.25, 0.3) is 33.8 Å². The number of pyridine rings is 1. The Morgan fingerprint density at radius 3 is 2.72 bits per heavy atom. The van der Waals surface area contributed by atoms with Gasteiger partial charge in [-0.15, -0.1) is 0 Å². The number of nitrogens with one attached hydrogen (secondary N) is 2. The molecule has 2 N–H and O–H groups in total. The van der Waals surface area contributed by atoms with Crippen LogP contribution in [0.15, 0.2) is 85.5 Å². The van der Waals surface area contributed by atoms with Gasteiger partial charge in [0.2, 0.25) is 0 Å². The maximum atomic E-state index is 4.65. The molecule has 2 aromatic carbocycles. The van der Waals surface area contributed by atoms with Crippen LogP contribution >= 0.6 is 0 Å². The van der Waals surface area contributed by atoms with Crippen LogP contribution in [-0.4, -0.2) is 44.9 Å². The third kappa shape index (κ3) is 3.25. The van der Waals surface area contributed by atoms with E-state index in [-0.39, 0.29) is 0 Å². The number of imidazole rings is 1. The first-order valence-electron chi connectivity index (χ1n) is 9.89. The molecule has 0 radical (unpaired) electrons. The fourth-order valence-corrected chi connectivity index (χ4v) is 3.46. The summed E-state index contributed by atoms with van der Waals surface area (Å²) in [7, 11) is 0. The lowest BCUT2D eigenvalue weighted by atomic mass is 10.2. The van der Waals surface area contributed by atoms with Crippen molar-refractivity contribution in [1.82, 2.24) is 44.9 Å². The molecule has 4 aromatic heterocycles. The molecule has 0 aliphatic rings. The molecule has 0 saturated carbocycles. The van der Waals surface area contributed by atoms with Crippen molar-refractivity contribution in [2.24, 2.45) is 0 Å². The van der Waals surface area contributed by atoms with Crippen molar-refractivity contribution in [3.8, 4) is 22.8 Å². The van der Waals surface area contributed by atoms with E-state index in [1.54, 1.807) is 28.0 Å². The first-order chi connectivity index (χ1) is 15.8. The molecular formula is C22H16N10. The summed E-state index contributed by atoms with van der Waals surface area (Å²) in [5.41, 5.74) is 5.25. The molecule has 0 aliphatic carbocycles. The van der Waals surface area contributed by atoms with Crippen molar-refractivity contribution < 1.29 is 0 Å². The number of hydrogen-bond acceptors (Lipinski definition) is 7. The number of para-hydroxylation sites is 1. The van der Waals surface area contributed by atoms with Crippen LogP contribution in [-0.2, 0) is 0 Å². The molecule has 6 aromatic rings. The number of nitrogens with zero attached hydrogens (tertiary/aromatic N) is 8. The Hall–Kier alpha value is -4.86. The molecule has 0 spiro atoms. The Bertz CT molecular complexity index is 1480. The van der Waals surface area contributed by atoms with Crippen LogP contribution in [0.4, 0.5) is 11.6 Å². The largest absolute Gasteiger partial charge is 0.337 e. The van der Waals surface area contributed by atoms with Crippen LogP contribution in [0, 0.1) is 0 Å². The van der Waals surface area contributed by atoms with Crippen LogP contribution in [0.3, 0.4) is 0 Å². The lowest BCUT2D eigenvalue weighted by Gasteiger charge is -2.05. The molecule has 0 unspecified atom stereocenters. The summed E-state index contributed by atoms with van der Waals surface area (Å²) in [6, 6.07) is 19.6. The Kier molecular flexibility index (Phi) is 4.17. The van der Waals surface area contributed by atoms with Gasteiger partial charge in [0.25, 0.3) is 5.95 Å². The first kappa shape index (κ1) is 18.0. The lowest BCUT2D eigenvalue weighted by molar-refractivity contribution is 0.791. The molecule has 0 aliphatic heterocycles. The van der Waals surface area contributed by atoms with E-state index in [4.69, 9.17) is 0 Å². The fourth-order valence-electron chi connectivity index (χ4n) is 3.46. The van der Waals surface area contributed by atoms with Crippen molar-refractivity contribution in [3.05, 3.63) is 85.5 Å². The van der Waals surface area contributed by atoms with E-state index in [1.165, 1.54) is 0 Å². The van der Waals surface area contributed by atoms with Crippen molar-refractivity contribution in [2.45, 2.75) is 0 Å². The molecule has 0 fully saturated rings. The third-order valence-corrected chi connectivity index (χ3v) is 4.98. The average molecular weight is 420 g/mol. The normalized spacial score (nSPS) is 11.1. The molecule has 154 valence electrons. The molecule has 0 bridgehead atoms. The summed E-state index contributed by atoms with van der Waals surface area (Å²) in [6.07, 6.45) is 7.11. The topological polar surface area (TPSA) is 115 Å². The molecule has 32 heavy (non-hydrogen) atoms. The SMILES string of the molecule is c1ccc(-n2nnnc2Nc2cnn(-c3cccc(-c4nc5ccncc5[nH]4)c3)c2)cc1. The predicted molar refractivity (Wildman–Crippen MR) is 119 cm³/mol. The highest BCUT2D eigenvalue weighted by atomic mass is 15.6. The number of tetrazole rings is 1. The fraction of sp³-hybridized carbons (Fsp3) is 0. The number of hydrogen-bond donors (Lipinski definition) is 2. The molecule has 10 nitrogen and oxygen atoms in total. The quantitative estimate of drug-likeness (QED) is 0.438. The van der Waals surface area contributed by atoms with E-state index in [9.17, 15) is 0 Å². The van der Waals surface area contributed by atoms with Gasteiger partial charge < -0.3 is 10.3 Å². The zero-order valence-electron chi connectivity index (χ0n) is 16.7. The van der Waals surface area contributed by atoms with Crippen LogP contribution in [0.1, 0.15) is 0 Å². The molecule has 10 heteroatoms. The van der Waals surface area contributed by atoms with E-state index in [2.05, 4.69) is 40.9 Å². The third-order valence-electron chi connectivity index (χ3n) is 4.98. The minimum atomic E-state index is 0.500. The Morgan fingerprint density at radius 2 is 1.81 bits per heavy atom.